The fourth-order valence-corrected chi connectivity index (χ4v) is 3.93. The van der Waals surface area contributed by atoms with E-state index in [0.29, 0.717) is 13.0 Å². The molecule has 0 bridgehead atoms. The van der Waals surface area contributed by atoms with Gasteiger partial charge in [-0.2, -0.15) is 0 Å². The third kappa shape index (κ3) is 6.10. The number of rotatable bonds is 9. The first-order valence-electron chi connectivity index (χ1n) is 8.48. The number of amides is 1. The second-order valence-electron chi connectivity index (χ2n) is 5.85. The molecule has 2 aromatic rings. The molecule has 0 radical (unpaired) electrons. The fraction of sp³-hybridized carbons (Fsp3) is 0.556. The largest absolute Gasteiger partial charge is 0.354 e. The van der Waals surface area contributed by atoms with Crippen LogP contribution < -0.4 is 10.6 Å². The standard InChI is InChI=1S/C18H27N3OS.2ClH/c1-4-18(5-2,17(22)20-12-11-19-6-3)13-16-21-14-9-7-8-10-15(14)23-16;;/h7-10,19H,4-6,11-13H2,1-3H3,(H,20,22);2*1H. The number of halogens is 2. The maximum Gasteiger partial charge on any atom is 0.226 e. The van der Waals surface area contributed by atoms with E-state index >= 15 is 0 Å². The SMILES string of the molecule is CCNCCNC(=O)C(CC)(CC)Cc1nc2ccccc2s1.Cl.Cl. The minimum atomic E-state index is -0.361. The van der Waals surface area contributed by atoms with Gasteiger partial charge in [0.1, 0.15) is 0 Å². The van der Waals surface area contributed by atoms with E-state index in [0.717, 1.165) is 36.5 Å². The van der Waals surface area contributed by atoms with Crippen LogP contribution >= 0.6 is 36.2 Å². The average molecular weight is 406 g/mol. The van der Waals surface area contributed by atoms with Crippen molar-refractivity contribution in [3.63, 3.8) is 0 Å². The van der Waals surface area contributed by atoms with Gasteiger partial charge in [-0.05, 0) is 31.5 Å². The molecule has 0 aliphatic carbocycles. The van der Waals surface area contributed by atoms with Crippen LogP contribution in [-0.4, -0.2) is 30.5 Å². The Morgan fingerprint density at radius 2 is 1.80 bits per heavy atom. The van der Waals surface area contributed by atoms with Crippen molar-refractivity contribution in [3.8, 4) is 0 Å². The normalized spacial score (nSPS) is 10.8. The maximum atomic E-state index is 12.7. The highest BCUT2D eigenvalue weighted by Gasteiger charge is 2.35. The second kappa shape index (κ2) is 11.7. The highest BCUT2D eigenvalue weighted by molar-refractivity contribution is 7.18. The number of hydrogen-bond donors (Lipinski definition) is 2. The summed E-state index contributed by atoms with van der Waals surface area (Å²) in [5.74, 6) is 0.152. The summed E-state index contributed by atoms with van der Waals surface area (Å²) in [4.78, 5) is 17.5. The Morgan fingerprint density at radius 3 is 2.40 bits per heavy atom. The van der Waals surface area contributed by atoms with Crippen LogP contribution in [0.1, 0.15) is 38.6 Å². The lowest BCUT2D eigenvalue weighted by molar-refractivity contribution is -0.131. The number of likely N-dealkylation sites (N-methyl/N-ethyl adjacent to an activating group) is 1. The summed E-state index contributed by atoms with van der Waals surface area (Å²) in [6.07, 6.45) is 2.37. The zero-order chi connectivity index (χ0) is 16.7. The monoisotopic (exact) mass is 405 g/mol. The first-order valence-corrected chi connectivity index (χ1v) is 9.30. The summed E-state index contributed by atoms with van der Waals surface area (Å²) in [5.41, 5.74) is 0.668. The Bertz CT molecular complexity index is 611. The quantitative estimate of drug-likeness (QED) is 0.614. The summed E-state index contributed by atoms with van der Waals surface area (Å²) in [6, 6.07) is 8.16. The number of carbonyl (C=O) groups excluding carboxylic acids is 1. The number of nitrogens with zero attached hydrogens (tertiary/aromatic N) is 1. The van der Waals surface area contributed by atoms with E-state index in [1.807, 2.05) is 18.2 Å². The molecule has 0 unspecified atom stereocenters. The lowest BCUT2D eigenvalue weighted by Crippen LogP contribution is -2.44. The van der Waals surface area contributed by atoms with E-state index in [1.165, 1.54) is 4.70 Å². The van der Waals surface area contributed by atoms with Crippen LogP contribution in [-0.2, 0) is 11.2 Å². The molecule has 0 aliphatic heterocycles. The lowest BCUT2D eigenvalue weighted by atomic mass is 9.78. The van der Waals surface area contributed by atoms with Crippen molar-refractivity contribution < 1.29 is 4.79 Å². The van der Waals surface area contributed by atoms with Crippen molar-refractivity contribution >= 4 is 52.3 Å². The molecule has 7 heteroatoms. The highest BCUT2D eigenvalue weighted by atomic mass is 35.5. The third-order valence-electron chi connectivity index (χ3n) is 4.50. The van der Waals surface area contributed by atoms with Gasteiger partial charge in [-0.15, -0.1) is 36.2 Å². The molecule has 2 rings (SSSR count). The molecule has 1 heterocycles. The van der Waals surface area contributed by atoms with E-state index in [9.17, 15) is 4.79 Å². The number of para-hydroxylation sites is 1. The Kier molecular flexibility index (Phi) is 11.3. The van der Waals surface area contributed by atoms with Crippen molar-refractivity contribution in [1.29, 1.82) is 0 Å². The van der Waals surface area contributed by atoms with Gasteiger partial charge in [0, 0.05) is 19.5 Å². The topological polar surface area (TPSA) is 54.0 Å². The summed E-state index contributed by atoms with van der Waals surface area (Å²) in [5, 5.41) is 7.38. The molecule has 142 valence electrons. The van der Waals surface area contributed by atoms with Crippen LogP contribution in [0.2, 0.25) is 0 Å². The smallest absolute Gasteiger partial charge is 0.226 e. The number of aromatic nitrogens is 1. The van der Waals surface area contributed by atoms with Crippen LogP contribution in [0.5, 0.6) is 0 Å². The minimum absolute atomic E-state index is 0. The molecular formula is C18H29Cl2N3OS. The molecular weight excluding hydrogens is 377 g/mol. The van der Waals surface area contributed by atoms with Crippen molar-refractivity contribution in [2.75, 3.05) is 19.6 Å². The number of thiazole rings is 1. The van der Waals surface area contributed by atoms with Crippen molar-refractivity contribution in [2.45, 2.75) is 40.0 Å². The Labute approximate surface area is 167 Å². The van der Waals surface area contributed by atoms with Gasteiger partial charge in [0.05, 0.1) is 20.6 Å². The molecule has 0 saturated heterocycles. The molecule has 0 spiro atoms. The van der Waals surface area contributed by atoms with Crippen molar-refractivity contribution in [2.24, 2.45) is 5.41 Å². The number of fused-ring (bicyclic) bond motifs is 1. The van der Waals surface area contributed by atoms with Gasteiger partial charge in [-0.3, -0.25) is 4.79 Å². The predicted molar refractivity (Wildman–Crippen MR) is 112 cm³/mol. The van der Waals surface area contributed by atoms with Gasteiger partial charge in [-0.1, -0.05) is 32.9 Å². The zero-order valence-corrected chi connectivity index (χ0v) is 17.6. The molecule has 2 N–H and O–H groups in total. The molecule has 0 fully saturated rings. The van der Waals surface area contributed by atoms with E-state index in [4.69, 9.17) is 4.98 Å². The van der Waals surface area contributed by atoms with Crippen molar-refractivity contribution in [1.82, 2.24) is 15.6 Å². The van der Waals surface area contributed by atoms with Gasteiger partial charge in [0.2, 0.25) is 5.91 Å². The van der Waals surface area contributed by atoms with Crippen LogP contribution in [0, 0.1) is 5.41 Å². The molecule has 0 saturated carbocycles. The number of carbonyl (C=O) groups is 1. The molecule has 25 heavy (non-hydrogen) atoms. The Balaban J connectivity index is 0.00000288. The van der Waals surface area contributed by atoms with Crippen LogP contribution in [0.15, 0.2) is 24.3 Å². The molecule has 1 aromatic heterocycles. The van der Waals surface area contributed by atoms with Crippen LogP contribution in [0.25, 0.3) is 10.2 Å². The molecule has 1 amide bonds. The molecule has 0 atom stereocenters. The second-order valence-corrected chi connectivity index (χ2v) is 6.96. The summed E-state index contributed by atoms with van der Waals surface area (Å²) < 4.78 is 1.19. The Morgan fingerprint density at radius 1 is 1.12 bits per heavy atom. The first kappa shape index (κ1) is 24.1. The van der Waals surface area contributed by atoms with E-state index in [2.05, 4.69) is 37.5 Å². The number of hydrogen-bond acceptors (Lipinski definition) is 4. The van der Waals surface area contributed by atoms with E-state index in [1.54, 1.807) is 11.3 Å². The molecule has 4 nitrogen and oxygen atoms in total. The molecule has 0 aliphatic rings. The van der Waals surface area contributed by atoms with Gasteiger partial charge < -0.3 is 10.6 Å². The zero-order valence-electron chi connectivity index (χ0n) is 15.1. The first-order chi connectivity index (χ1) is 11.1. The van der Waals surface area contributed by atoms with Crippen LogP contribution in [0.4, 0.5) is 0 Å². The van der Waals surface area contributed by atoms with Crippen LogP contribution in [0.3, 0.4) is 0 Å². The number of nitrogens with one attached hydrogen (secondary N) is 2. The predicted octanol–water partition coefficient (Wildman–Crippen LogP) is 4.21. The summed E-state index contributed by atoms with van der Waals surface area (Å²) in [7, 11) is 0. The Hall–Kier alpha value is -0.880. The highest BCUT2D eigenvalue weighted by Crippen LogP contribution is 2.34. The lowest BCUT2D eigenvalue weighted by Gasteiger charge is -2.29. The van der Waals surface area contributed by atoms with Gasteiger partial charge >= 0.3 is 0 Å². The van der Waals surface area contributed by atoms with E-state index < -0.39 is 0 Å². The molecule has 1 aromatic carbocycles. The van der Waals surface area contributed by atoms with Gasteiger partial charge in [-0.25, -0.2) is 4.98 Å². The maximum absolute atomic E-state index is 12.7. The summed E-state index contributed by atoms with van der Waals surface area (Å²) in [6.45, 7) is 8.67. The minimum Gasteiger partial charge on any atom is -0.354 e. The van der Waals surface area contributed by atoms with Crippen molar-refractivity contribution in [3.05, 3.63) is 29.3 Å². The third-order valence-corrected chi connectivity index (χ3v) is 5.54. The van der Waals surface area contributed by atoms with Gasteiger partial charge in [0.15, 0.2) is 0 Å². The average Bonchev–Trinajstić information content (AvgIpc) is 2.98. The van der Waals surface area contributed by atoms with E-state index in [-0.39, 0.29) is 36.1 Å². The number of benzene rings is 1. The summed E-state index contributed by atoms with van der Waals surface area (Å²) >= 11 is 1.70. The fourth-order valence-electron chi connectivity index (χ4n) is 2.82. The van der Waals surface area contributed by atoms with Gasteiger partial charge in [0.25, 0.3) is 0 Å².